The van der Waals surface area contributed by atoms with Crippen molar-refractivity contribution in [1.29, 1.82) is 0 Å². The molecule has 0 amide bonds. The molecule has 3 N–H and O–H groups in total. The van der Waals surface area contributed by atoms with Crippen LogP contribution in [0.15, 0.2) is 59.0 Å². The van der Waals surface area contributed by atoms with E-state index in [0.717, 1.165) is 17.7 Å². The molecular formula is C18H14F3NO2. The fourth-order valence-electron chi connectivity index (χ4n) is 2.52. The van der Waals surface area contributed by atoms with Gasteiger partial charge in [-0.25, -0.2) is 0 Å². The monoisotopic (exact) mass is 333 g/mol. The average molecular weight is 333 g/mol. The number of benzene rings is 2. The van der Waals surface area contributed by atoms with Crippen molar-refractivity contribution in [2.45, 2.75) is 12.6 Å². The summed E-state index contributed by atoms with van der Waals surface area (Å²) in [4.78, 5) is 0. The number of furan rings is 1. The molecule has 0 aliphatic carbocycles. The van der Waals surface area contributed by atoms with Crippen molar-refractivity contribution in [3.8, 4) is 16.9 Å². The van der Waals surface area contributed by atoms with Gasteiger partial charge in [0.15, 0.2) is 11.5 Å². The Morgan fingerprint density at radius 2 is 1.71 bits per heavy atom. The quantitative estimate of drug-likeness (QED) is 0.721. The third-order valence-corrected chi connectivity index (χ3v) is 3.67. The highest BCUT2D eigenvalue weighted by Crippen LogP contribution is 2.42. The number of hydrogen-bond acceptors (Lipinski definition) is 3. The van der Waals surface area contributed by atoms with E-state index in [0.29, 0.717) is 0 Å². The molecule has 124 valence electrons. The van der Waals surface area contributed by atoms with Gasteiger partial charge in [0.25, 0.3) is 0 Å². The van der Waals surface area contributed by atoms with E-state index in [1.54, 1.807) is 0 Å². The first-order valence-electron chi connectivity index (χ1n) is 7.18. The van der Waals surface area contributed by atoms with Crippen molar-refractivity contribution in [3.05, 3.63) is 71.5 Å². The van der Waals surface area contributed by atoms with Crippen molar-refractivity contribution >= 4 is 5.88 Å². The van der Waals surface area contributed by atoms with E-state index >= 15 is 0 Å². The van der Waals surface area contributed by atoms with Gasteiger partial charge in [0.2, 0.25) is 5.88 Å². The number of aromatic hydroxyl groups is 1. The maximum atomic E-state index is 12.9. The van der Waals surface area contributed by atoms with Gasteiger partial charge in [-0.1, -0.05) is 42.5 Å². The van der Waals surface area contributed by atoms with Crippen LogP contribution in [0.1, 0.15) is 16.9 Å². The summed E-state index contributed by atoms with van der Waals surface area (Å²) in [6.07, 6.45) is -4.19. The van der Waals surface area contributed by atoms with Crippen molar-refractivity contribution in [1.82, 2.24) is 0 Å². The molecular weight excluding hydrogens is 319 g/mol. The zero-order valence-corrected chi connectivity index (χ0v) is 12.5. The normalized spacial score (nSPS) is 11.6. The Morgan fingerprint density at radius 1 is 1.00 bits per heavy atom. The van der Waals surface area contributed by atoms with Crippen LogP contribution in [0.25, 0.3) is 11.1 Å². The molecule has 3 aromatic rings. The third-order valence-electron chi connectivity index (χ3n) is 3.67. The van der Waals surface area contributed by atoms with E-state index in [1.165, 1.54) is 12.1 Å². The number of rotatable bonds is 3. The lowest BCUT2D eigenvalue weighted by Crippen LogP contribution is -2.04. The number of nitrogen functional groups attached to an aromatic ring is 1. The molecule has 0 saturated carbocycles. The fraction of sp³-hybridized carbons (Fsp3) is 0.111. The van der Waals surface area contributed by atoms with Gasteiger partial charge >= 0.3 is 6.18 Å². The van der Waals surface area contributed by atoms with E-state index in [2.05, 4.69) is 0 Å². The van der Waals surface area contributed by atoms with Crippen LogP contribution in [-0.4, -0.2) is 5.11 Å². The number of anilines is 1. The van der Waals surface area contributed by atoms with Crippen LogP contribution < -0.4 is 5.73 Å². The summed E-state index contributed by atoms with van der Waals surface area (Å²) in [5.41, 5.74) is 6.08. The smallest absolute Gasteiger partial charge is 0.416 e. The van der Waals surface area contributed by atoms with Crippen molar-refractivity contribution in [2.24, 2.45) is 0 Å². The Morgan fingerprint density at radius 3 is 2.38 bits per heavy atom. The molecule has 3 rings (SSSR count). The lowest BCUT2D eigenvalue weighted by Gasteiger charge is -2.08. The van der Waals surface area contributed by atoms with E-state index in [9.17, 15) is 18.3 Å². The standard InChI is InChI=1S/C18H14F3NO2/c19-18(20,21)13-8-4-7-12(10-13)15-16(23)14(24-17(15)22)9-11-5-2-1-3-6-11/h1-8,10,23H,9,22H2. The second kappa shape index (κ2) is 5.96. The Labute approximate surface area is 136 Å². The van der Waals surface area contributed by atoms with E-state index in [1.807, 2.05) is 30.3 Å². The molecule has 24 heavy (non-hydrogen) atoms. The summed E-state index contributed by atoms with van der Waals surface area (Å²) in [6, 6.07) is 13.8. The van der Waals surface area contributed by atoms with E-state index < -0.39 is 11.7 Å². The summed E-state index contributed by atoms with van der Waals surface area (Å²) in [6.45, 7) is 0. The zero-order valence-electron chi connectivity index (χ0n) is 12.5. The first kappa shape index (κ1) is 16.0. The second-order valence-electron chi connectivity index (χ2n) is 5.35. The van der Waals surface area contributed by atoms with E-state index in [4.69, 9.17) is 10.2 Å². The molecule has 0 radical (unpaired) electrons. The maximum absolute atomic E-state index is 12.9. The molecule has 0 atom stereocenters. The average Bonchev–Trinajstić information content (AvgIpc) is 2.82. The molecule has 0 aliphatic rings. The molecule has 0 saturated heterocycles. The van der Waals surface area contributed by atoms with Gasteiger partial charge in [-0.3, -0.25) is 0 Å². The van der Waals surface area contributed by atoms with Gasteiger partial charge in [-0.2, -0.15) is 13.2 Å². The summed E-state index contributed by atoms with van der Waals surface area (Å²) in [5, 5.41) is 10.4. The second-order valence-corrected chi connectivity index (χ2v) is 5.35. The molecule has 3 nitrogen and oxygen atoms in total. The number of halogens is 3. The highest BCUT2D eigenvalue weighted by Gasteiger charge is 2.31. The number of hydrogen-bond donors (Lipinski definition) is 2. The van der Waals surface area contributed by atoms with Gasteiger partial charge in [0.05, 0.1) is 11.1 Å². The van der Waals surface area contributed by atoms with Crippen LogP contribution >= 0.6 is 0 Å². The molecule has 0 fully saturated rings. The van der Waals surface area contributed by atoms with Gasteiger partial charge in [0.1, 0.15) is 0 Å². The molecule has 6 heteroatoms. The minimum Gasteiger partial charge on any atom is -0.504 e. The lowest BCUT2D eigenvalue weighted by atomic mass is 10.0. The largest absolute Gasteiger partial charge is 0.504 e. The van der Waals surface area contributed by atoms with Gasteiger partial charge in [0, 0.05) is 6.42 Å². The SMILES string of the molecule is Nc1oc(Cc2ccccc2)c(O)c1-c1cccc(C(F)(F)F)c1. The highest BCUT2D eigenvalue weighted by molar-refractivity contribution is 5.80. The summed E-state index contributed by atoms with van der Waals surface area (Å²) in [7, 11) is 0. The Hall–Kier alpha value is -2.89. The Bertz CT molecular complexity index is 854. The van der Waals surface area contributed by atoms with Crippen LogP contribution in [0.4, 0.5) is 19.1 Å². The van der Waals surface area contributed by atoms with Crippen LogP contribution in [0.2, 0.25) is 0 Å². The first-order valence-corrected chi connectivity index (χ1v) is 7.18. The zero-order chi connectivity index (χ0) is 17.3. The molecule has 0 unspecified atom stereocenters. The molecule has 0 bridgehead atoms. The van der Waals surface area contributed by atoms with E-state index in [-0.39, 0.29) is 34.9 Å². The Balaban J connectivity index is 2.01. The van der Waals surface area contributed by atoms with Crippen LogP contribution in [0.5, 0.6) is 5.75 Å². The van der Waals surface area contributed by atoms with Crippen LogP contribution in [0.3, 0.4) is 0 Å². The van der Waals surface area contributed by atoms with Gasteiger partial charge in [-0.15, -0.1) is 0 Å². The van der Waals surface area contributed by atoms with Crippen LogP contribution in [-0.2, 0) is 12.6 Å². The number of nitrogens with two attached hydrogens (primary N) is 1. The molecule has 1 aromatic heterocycles. The first-order chi connectivity index (χ1) is 11.4. The van der Waals surface area contributed by atoms with Crippen LogP contribution in [0, 0.1) is 0 Å². The van der Waals surface area contributed by atoms with Crippen molar-refractivity contribution in [3.63, 3.8) is 0 Å². The topological polar surface area (TPSA) is 59.4 Å². The molecule has 0 aliphatic heterocycles. The summed E-state index contributed by atoms with van der Waals surface area (Å²) >= 11 is 0. The lowest BCUT2D eigenvalue weighted by molar-refractivity contribution is -0.137. The van der Waals surface area contributed by atoms with Crippen molar-refractivity contribution < 1.29 is 22.7 Å². The minimum atomic E-state index is -4.48. The van der Waals surface area contributed by atoms with Gasteiger partial charge in [-0.05, 0) is 23.3 Å². The summed E-state index contributed by atoms with van der Waals surface area (Å²) in [5.74, 6) is -0.139. The van der Waals surface area contributed by atoms with Crippen molar-refractivity contribution in [2.75, 3.05) is 5.73 Å². The highest BCUT2D eigenvalue weighted by atomic mass is 19.4. The fourth-order valence-corrected chi connectivity index (χ4v) is 2.52. The maximum Gasteiger partial charge on any atom is 0.416 e. The minimum absolute atomic E-state index is 0.0760. The molecule has 2 aromatic carbocycles. The van der Waals surface area contributed by atoms with Gasteiger partial charge < -0.3 is 15.3 Å². The predicted octanol–water partition coefficient (Wildman–Crippen LogP) is 4.84. The molecule has 1 heterocycles. The Kier molecular flexibility index (Phi) is 3.97. The number of alkyl halides is 3. The third kappa shape index (κ3) is 3.08. The molecule has 0 spiro atoms. The predicted molar refractivity (Wildman–Crippen MR) is 84.5 cm³/mol. The summed E-state index contributed by atoms with van der Waals surface area (Å²) < 4.78 is 44.0.